The molecule has 2 unspecified atom stereocenters. The molecule has 2 rings (SSSR count). The highest BCUT2D eigenvalue weighted by molar-refractivity contribution is 7.07. The molecule has 3 nitrogen and oxygen atoms in total. The van der Waals surface area contributed by atoms with Gasteiger partial charge in [0.2, 0.25) is 0 Å². The summed E-state index contributed by atoms with van der Waals surface area (Å²) < 4.78 is 0. The van der Waals surface area contributed by atoms with Crippen molar-refractivity contribution in [2.45, 2.75) is 12.0 Å². The van der Waals surface area contributed by atoms with Gasteiger partial charge in [0, 0.05) is 24.4 Å². The first kappa shape index (κ1) is 7.21. The summed E-state index contributed by atoms with van der Waals surface area (Å²) in [7, 11) is 0. The van der Waals surface area contributed by atoms with Gasteiger partial charge in [-0.25, -0.2) is 4.98 Å². The quantitative estimate of drug-likeness (QED) is 0.632. The monoisotopic (exact) mass is 170 g/mol. The average Bonchev–Trinajstić information content (AvgIpc) is 2.55. The topological polar surface area (TPSA) is 45.1 Å². The maximum atomic E-state index is 9.46. The van der Waals surface area contributed by atoms with Crippen molar-refractivity contribution >= 4 is 11.3 Å². The van der Waals surface area contributed by atoms with E-state index in [0.29, 0.717) is 6.54 Å². The molecule has 0 saturated carbocycles. The van der Waals surface area contributed by atoms with Crippen molar-refractivity contribution in [3.05, 3.63) is 16.6 Å². The van der Waals surface area contributed by atoms with Gasteiger partial charge in [-0.05, 0) is 0 Å². The SMILES string of the molecule is OC1CNCC1c1cscn1. The summed E-state index contributed by atoms with van der Waals surface area (Å²) in [6.45, 7) is 1.55. The minimum absolute atomic E-state index is 0.209. The molecule has 4 heteroatoms. The first-order valence-electron chi connectivity index (χ1n) is 3.65. The Morgan fingerprint density at radius 2 is 2.55 bits per heavy atom. The van der Waals surface area contributed by atoms with Crippen molar-refractivity contribution in [3.8, 4) is 0 Å². The zero-order chi connectivity index (χ0) is 7.68. The van der Waals surface area contributed by atoms with Gasteiger partial charge < -0.3 is 10.4 Å². The number of aromatic nitrogens is 1. The van der Waals surface area contributed by atoms with Crippen LogP contribution in [-0.4, -0.2) is 29.3 Å². The van der Waals surface area contributed by atoms with Crippen LogP contribution in [0.3, 0.4) is 0 Å². The van der Waals surface area contributed by atoms with Crippen LogP contribution in [0.5, 0.6) is 0 Å². The van der Waals surface area contributed by atoms with E-state index in [1.165, 1.54) is 0 Å². The molecule has 0 radical (unpaired) electrons. The summed E-state index contributed by atoms with van der Waals surface area (Å²) in [5.74, 6) is 0.209. The summed E-state index contributed by atoms with van der Waals surface area (Å²) in [5.41, 5.74) is 2.83. The second-order valence-electron chi connectivity index (χ2n) is 2.75. The van der Waals surface area contributed by atoms with Crippen LogP contribution in [0.25, 0.3) is 0 Å². The van der Waals surface area contributed by atoms with Crippen LogP contribution < -0.4 is 5.32 Å². The molecule has 60 valence electrons. The van der Waals surface area contributed by atoms with E-state index in [2.05, 4.69) is 10.3 Å². The summed E-state index contributed by atoms with van der Waals surface area (Å²) in [6.07, 6.45) is -0.253. The third-order valence-electron chi connectivity index (χ3n) is 2.01. The van der Waals surface area contributed by atoms with E-state index in [0.717, 1.165) is 12.2 Å². The number of aliphatic hydroxyl groups excluding tert-OH is 1. The van der Waals surface area contributed by atoms with Gasteiger partial charge >= 0.3 is 0 Å². The number of thiazole rings is 1. The second kappa shape index (κ2) is 2.89. The molecular formula is C7H10N2OS. The predicted octanol–water partition coefficient (Wildman–Crippen LogP) is 0.191. The first-order chi connectivity index (χ1) is 5.38. The third kappa shape index (κ3) is 1.29. The molecule has 1 saturated heterocycles. The normalized spacial score (nSPS) is 31.0. The van der Waals surface area contributed by atoms with Gasteiger partial charge in [-0.2, -0.15) is 0 Å². The zero-order valence-electron chi connectivity index (χ0n) is 6.03. The Bertz CT molecular complexity index is 224. The standard InChI is InChI=1S/C7H10N2OS/c10-7-2-8-1-5(7)6-3-11-4-9-6/h3-5,7-8,10H,1-2H2. The highest BCUT2D eigenvalue weighted by Crippen LogP contribution is 2.21. The van der Waals surface area contributed by atoms with E-state index >= 15 is 0 Å². The Balaban J connectivity index is 2.16. The summed E-state index contributed by atoms with van der Waals surface area (Å²) in [4.78, 5) is 4.17. The molecule has 0 spiro atoms. The molecule has 0 bridgehead atoms. The lowest BCUT2D eigenvalue weighted by molar-refractivity contribution is 0.176. The zero-order valence-corrected chi connectivity index (χ0v) is 6.84. The van der Waals surface area contributed by atoms with Crippen LogP contribution >= 0.6 is 11.3 Å². The number of rotatable bonds is 1. The van der Waals surface area contributed by atoms with Crippen LogP contribution in [0.1, 0.15) is 11.6 Å². The van der Waals surface area contributed by atoms with E-state index in [4.69, 9.17) is 0 Å². The van der Waals surface area contributed by atoms with Crippen LogP contribution in [0.15, 0.2) is 10.9 Å². The third-order valence-corrected chi connectivity index (χ3v) is 2.62. The molecule has 2 heterocycles. The van der Waals surface area contributed by atoms with Crippen molar-refractivity contribution < 1.29 is 5.11 Å². The largest absolute Gasteiger partial charge is 0.391 e. The summed E-state index contributed by atoms with van der Waals surface area (Å²) in [5, 5.41) is 14.6. The number of hydrogen-bond acceptors (Lipinski definition) is 4. The minimum Gasteiger partial charge on any atom is -0.391 e. The van der Waals surface area contributed by atoms with E-state index < -0.39 is 0 Å². The van der Waals surface area contributed by atoms with Gasteiger partial charge in [-0.15, -0.1) is 11.3 Å². The maximum absolute atomic E-state index is 9.46. The van der Waals surface area contributed by atoms with Crippen LogP contribution in [-0.2, 0) is 0 Å². The predicted molar refractivity (Wildman–Crippen MR) is 43.7 cm³/mol. The molecule has 1 aromatic rings. The highest BCUT2D eigenvalue weighted by atomic mass is 32.1. The van der Waals surface area contributed by atoms with Crippen molar-refractivity contribution in [3.63, 3.8) is 0 Å². The first-order valence-corrected chi connectivity index (χ1v) is 4.59. The lowest BCUT2D eigenvalue weighted by Gasteiger charge is -2.08. The van der Waals surface area contributed by atoms with Crippen LogP contribution in [0, 0.1) is 0 Å². The van der Waals surface area contributed by atoms with Gasteiger partial charge in [0.25, 0.3) is 0 Å². The molecule has 11 heavy (non-hydrogen) atoms. The van der Waals surface area contributed by atoms with Crippen molar-refractivity contribution in [1.29, 1.82) is 0 Å². The number of hydrogen-bond donors (Lipinski definition) is 2. The van der Waals surface area contributed by atoms with E-state index in [1.54, 1.807) is 16.8 Å². The van der Waals surface area contributed by atoms with Crippen molar-refractivity contribution in [1.82, 2.24) is 10.3 Å². The highest BCUT2D eigenvalue weighted by Gasteiger charge is 2.27. The van der Waals surface area contributed by atoms with Crippen molar-refractivity contribution in [2.75, 3.05) is 13.1 Å². The van der Waals surface area contributed by atoms with Gasteiger partial charge in [0.15, 0.2) is 0 Å². The van der Waals surface area contributed by atoms with E-state index in [9.17, 15) is 5.11 Å². The lowest BCUT2D eigenvalue weighted by Crippen LogP contribution is -2.16. The minimum atomic E-state index is -0.253. The number of nitrogens with zero attached hydrogens (tertiary/aromatic N) is 1. The smallest absolute Gasteiger partial charge is 0.0794 e. The van der Waals surface area contributed by atoms with E-state index in [1.807, 2.05) is 5.38 Å². The molecule has 1 fully saturated rings. The Kier molecular flexibility index (Phi) is 1.89. The average molecular weight is 170 g/mol. The van der Waals surface area contributed by atoms with Gasteiger partial charge in [-0.1, -0.05) is 0 Å². The molecular weight excluding hydrogens is 160 g/mol. The van der Waals surface area contributed by atoms with Gasteiger partial charge in [-0.3, -0.25) is 0 Å². The lowest BCUT2D eigenvalue weighted by atomic mass is 10.0. The molecule has 0 aliphatic carbocycles. The van der Waals surface area contributed by atoms with Crippen molar-refractivity contribution in [2.24, 2.45) is 0 Å². The number of β-amino-alcohol motifs (C(OH)–C–C–N with tert-alkyl or cyclic N) is 1. The molecule has 2 N–H and O–H groups in total. The second-order valence-corrected chi connectivity index (χ2v) is 3.46. The maximum Gasteiger partial charge on any atom is 0.0794 e. The molecule has 0 aromatic carbocycles. The fraction of sp³-hybridized carbons (Fsp3) is 0.571. The Morgan fingerprint density at radius 1 is 1.64 bits per heavy atom. The van der Waals surface area contributed by atoms with Gasteiger partial charge in [0.1, 0.15) is 0 Å². The van der Waals surface area contributed by atoms with Crippen LogP contribution in [0.2, 0.25) is 0 Å². The Hall–Kier alpha value is -0.450. The molecule has 1 aliphatic rings. The Morgan fingerprint density at radius 3 is 3.09 bits per heavy atom. The fourth-order valence-corrected chi connectivity index (χ4v) is 1.99. The molecule has 2 atom stereocenters. The van der Waals surface area contributed by atoms with Gasteiger partial charge in [0.05, 0.1) is 17.3 Å². The summed E-state index contributed by atoms with van der Waals surface area (Å²) in [6, 6.07) is 0. The van der Waals surface area contributed by atoms with Crippen LogP contribution in [0.4, 0.5) is 0 Å². The molecule has 1 aliphatic heterocycles. The number of aliphatic hydroxyl groups is 1. The molecule has 0 amide bonds. The van der Waals surface area contributed by atoms with E-state index in [-0.39, 0.29) is 12.0 Å². The molecule has 1 aromatic heterocycles. The fourth-order valence-electron chi connectivity index (χ4n) is 1.37. The Labute approximate surface area is 69.1 Å². The number of nitrogens with one attached hydrogen (secondary N) is 1. The summed E-state index contributed by atoms with van der Waals surface area (Å²) >= 11 is 1.58.